The summed E-state index contributed by atoms with van der Waals surface area (Å²) in [5, 5.41) is 17.4. The monoisotopic (exact) mass is 176 g/mol. The molecule has 0 saturated carbocycles. The van der Waals surface area contributed by atoms with Crippen LogP contribution in [0.15, 0.2) is 0 Å². The first-order valence-electron chi connectivity index (χ1n) is 4.31. The minimum atomic E-state index is -0.592. The highest BCUT2D eigenvalue weighted by Gasteiger charge is 2.21. The van der Waals surface area contributed by atoms with Crippen LogP contribution in [-0.4, -0.2) is 48.8 Å². The Balaban J connectivity index is 1.75. The normalized spacial score (nSPS) is 24.0. The summed E-state index contributed by atoms with van der Waals surface area (Å²) in [6.45, 7) is 1.96. The van der Waals surface area contributed by atoms with E-state index in [1.165, 1.54) is 0 Å². The molecule has 0 aromatic heterocycles. The Morgan fingerprint density at radius 2 is 2.33 bits per heavy atom. The van der Waals surface area contributed by atoms with Crippen LogP contribution in [0.1, 0.15) is 12.8 Å². The van der Waals surface area contributed by atoms with Crippen LogP contribution in [0.4, 0.5) is 0 Å². The minimum absolute atomic E-state index is 0.161. The van der Waals surface area contributed by atoms with E-state index in [1.807, 2.05) is 0 Å². The van der Waals surface area contributed by atoms with Gasteiger partial charge in [0.25, 0.3) is 0 Å². The van der Waals surface area contributed by atoms with E-state index in [1.54, 1.807) is 0 Å². The van der Waals surface area contributed by atoms with E-state index in [4.69, 9.17) is 19.7 Å². The van der Waals surface area contributed by atoms with E-state index in [0.717, 1.165) is 13.0 Å². The Kier molecular flexibility index (Phi) is 4.53. The SMILES string of the molecule is OCC(O)CCCOCC1CO1. The fourth-order valence-electron chi connectivity index (χ4n) is 0.891. The van der Waals surface area contributed by atoms with E-state index >= 15 is 0 Å². The lowest BCUT2D eigenvalue weighted by molar-refractivity contribution is 0.0669. The van der Waals surface area contributed by atoms with Gasteiger partial charge >= 0.3 is 0 Å². The van der Waals surface area contributed by atoms with E-state index in [-0.39, 0.29) is 6.61 Å². The van der Waals surface area contributed by atoms with Gasteiger partial charge in [0, 0.05) is 6.61 Å². The van der Waals surface area contributed by atoms with Crippen molar-refractivity contribution in [3.63, 3.8) is 0 Å². The smallest absolute Gasteiger partial charge is 0.104 e. The summed E-state index contributed by atoms with van der Waals surface area (Å²) in [6.07, 6.45) is 1.11. The van der Waals surface area contributed by atoms with Gasteiger partial charge in [0.2, 0.25) is 0 Å². The summed E-state index contributed by atoms with van der Waals surface area (Å²) in [7, 11) is 0. The van der Waals surface area contributed by atoms with E-state index in [2.05, 4.69) is 0 Å². The molecule has 1 fully saturated rings. The second kappa shape index (κ2) is 5.48. The minimum Gasteiger partial charge on any atom is -0.394 e. The number of aliphatic hydroxyl groups excluding tert-OH is 2. The van der Waals surface area contributed by atoms with E-state index in [0.29, 0.717) is 25.7 Å². The molecule has 2 N–H and O–H groups in total. The van der Waals surface area contributed by atoms with E-state index in [9.17, 15) is 0 Å². The molecule has 0 amide bonds. The third-order valence-electron chi connectivity index (χ3n) is 1.74. The van der Waals surface area contributed by atoms with Crippen LogP contribution in [0.3, 0.4) is 0 Å². The molecule has 1 aliphatic rings. The molecule has 0 aliphatic carbocycles. The number of ether oxygens (including phenoxy) is 2. The Morgan fingerprint density at radius 3 is 2.92 bits per heavy atom. The van der Waals surface area contributed by atoms with Crippen LogP contribution >= 0.6 is 0 Å². The molecule has 2 unspecified atom stereocenters. The molecule has 2 atom stereocenters. The van der Waals surface area contributed by atoms with Crippen LogP contribution in [0.2, 0.25) is 0 Å². The Hall–Kier alpha value is -0.160. The molecule has 0 spiro atoms. The lowest BCUT2D eigenvalue weighted by atomic mass is 10.2. The van der Waals surface area contributed by atoms with Crippen LogP contribution in [0.25, 0.3) is 0 Å². The first kappa shape index (κ1) is 9.92. The predicted octanol–water partition coefficient (Wildman–Crippen LogP) is -0.465. The molecule has 4 heteroatoms. The van der Waals surface area contributed by atoms with Crippen molar-refractivity contribution >= 4 is 0 Å². The zero-order valence-corrected chi connectivity index (χ0v) is 7.11. The maximum absolute atomic E-state index is 8.95. The van der Waals surface area contributed by atoms with Crippen LogP contribution in [0, 0.1) is 0 Å². The highest BCUT2D eigenvalue weighted by Crippen LogP contribution is 2.08. The maximum Gasteiger partial charge on any atom is 0.104 e. The topological polar surface area (TPSA) is 62.2 Å². The van der Waals surface area contributed by atoms with Crippen molar-refractivity contribution < 1.29 is 19.7 Å². The van der Waals surface area contributed by atoms with Gasteiger partial charge in [0.1, 0.15) is 6.10 Å². The molecule has 1 saturated heterocycles. The Bertz CT molecular complexity index is 114. The summed E-state index contributed by atoms with van der Waals surface area (Å²) in [6, 6.07) is 0. The van der Waals surface area contributed by atoms with Gasteiger partial charge in [-0.3, -0.25) is 0 Å². The van der Waals surface area contributed by atoms with Crippen LogP contribution in [0.5, 0.6) is 0 Å². The number of epoxide rings is 1. The molecule has 12 heavy (non-hydrogen) atoms. The van der Waals surface area contributed by atoms with Crippen molar-refractivity contribution in [1.82, 2.24) is 0 Å². The average Bonchev–Trinajstić information content (AvgIpc) is 2.87. The first-order valence-corrected chi connectivity index (χ1v) is 4.31. The molecule has 0 radical (unpaired) electrons. The van der Waals surface area contributed by atoms with Crippen molar-refractivity contribution in [3.05, 3.63) is 0 Å². The predicted molar refractivity (Wildman–Crippen MR) is 42.9 cm³/mol. The fourth-order valence-corrected chi connectivity index (χ4v) is 0.891. The summed E-state index contributed by atoms with van der Waals surface area (Å²) >= 11 is 0. The maximum atomic E-state index is 8.95. The summed E-state index contributed by atoms with van der Waals surface area (Å²) in [5.74, 6) is 0. The van der Waals surface area contributed by atoms with Gasteiger partial charge in [-0.1, -0.05) is 0 Å². The fraction of sp³-hybridized carbons (Fsp3) is 1.00. The zero-order valence-electron chi connectivity index (χ0n) is 7.11. The summed E-state index contributed by atoms with van der Waals surface area (Å²) < 4.78 is 10.2. The van der Waals surface area contributed by atoms with Crippen LogP contribution < -0.4 is 0 Å². The van der Waals surface area contributed by atoms with Crippen molar-refractivity contribution in [3.8, 4) is 0 Å². The molecule has 0 bridgehead atoms. The molecule has 1 rings (SSSR count). The third-order valence-corrected chi connectivity index (χ3v) is 1.74. The summed E-state index contributed by atoms with van der Waals surface area (Å²) in [5.41, 5.74) is 0. The quantitative estimate of drug-likeness (QED) is 0.407. The van der Waals surface area contributed by atoms with Crippen molar-refractivity contribution in [1.29, 1.82) is 0 Å². The van der Waals surface area contributed by atoms with Gasteiger partial charge in [-0.2, -0.15) is 0 Å². The molecule has 1 heterocycles. The molecule has 0 aromatic carbocycles. The Labute approximate surface area is 72.1 Å². The molecule has 4 nitrogen and oxygen atoms in total. The van der Waals surface area contributed by atoms with Gasteiger partial charge in [0.05, 0.1) is 25.9 Å². The highest BCUT2D eigenvalue weighted by molar-refractivity contribution is 4.67. The van der Waals surface area contributed by atoms with Gasteiger partial charge in [-0.05, 0) is 12.8 Å². The van der Waals surface area contributed by atoms with E-state index < -0.39 is 6.10 Å². The van der Waals surface area contributed by atoms with Gasteiger partial charge in [-0.25, -0.2) is 0 Å². The molecule has 72 valence electrons. The largest absolute Gasteiger partial charge is 0.394 e. The van der Waals surface area contributed by atoms with Gasteiger partial charge in [-0.15, -0.1) is 0 Å². The molecular formula is C8H16O4. The molecule has 0 aromatic rings. The average molecular weight is 176 g/mol. The third kappa shape index (κ3) is 4.66. The lowest BCUT2D eigenvalue weighted by Crippen LogP contribution is -2.13. The number of hydrogen-bond acceptors (Lipinski definition) is 4. The van der Waals surface area contributed by atoms with Crippen molar-refractivity contribution in [2.45, 2.75) is 25.0 Å². The van der Waals surface area contributed by atoms with Gasteiger partial charge < -0.3 is 19.7 Å². The number of rotatable bonds is 7. The lowest BCUT2D eigenvalue weighted by Gasteiger charge is -2.06. The second-order valence-corrected chi connectivity index (χ2v) is 3.01. The zero-order chi connectivity index (χ0) is 8.81. The number of aliphatic hydroxyl groups is 2. The van der Waals surface area contributed by atoms with Crippen molar-refractivity contribution in [2.24, 2.45) is 0 Å². The molecular weight excluding hydrogens is 160 g/mol. The highest BCUT2D eigenvalue weighted by atomic mass is 16.6. The Morgan fingerprint density at radius 1 is 1.58 bits per heavy atom. The number of hydrogen-bond donors (Lipinski definition) is 2. The van der Waals surface area contributed by atoms with Gasteiger partial charge in [0.15, 0.2) is 0 Å². The first-order chi connectivity index (χ1) is 5.83. The second-order valence-electron chi connectivity index (χ2n) is 3.01. The molecule has 1 aliphatic heterocycles. The van der Waals surface area contributed by atoms with Crippen molar-refractivity contribution in [2.75, 3.05) is 26.4 Å². The van der Waals surface area contributed by atoms with Crippen LogP contribution in [-0.2, 0) is 9.47 Å². The summed E-state index contributed by atoms with van der Waals surface area (Å²) in [4.78, 5) is 0. The standard InChI is InChI=1S/C8H16O4/c9-4-7(10)2-1-3-11-5-8-6-12-8/h7-10H,1-6H2.